The van der Waals surface area contributed by atoms with Crippen molar-refractivity contribution in [3.63, 3.8) is 0 Å². The van der Waals surface area contributed by atoms with Crippen molar-refractivity contribution in [3.05, 3.63) is 22.7 Å². The molecular weight excluding hydrogens is 282 g/mol. The summed E-state index contributed by atoms with van der Waals surface area (Å²) in [5.74, 6) is 1.16. The Bertz CT molecular complexity index is 643. The average molecular weight is 291 g/mol. The van der Waals surface area contributed by atoms with Crippen LogP contribution in [0.4, 0.5) is 0 Å². The summed E-state index contributed by atoms with van der Waals surface area (Å²) >= 11 is 1.17. The number of aromatic nitrogens is 4. The molecule has 0 aliphatic rings. The predicted molar refractivity (Wildman–Crippen MR) is 69.2 cm³/mol. The van der Waals surface area contributed by atoms with Gasteiger partial charge in [0.1, 0.15) is 11.2 Å². The van der Waals surface area contributed by atoms with E-state index in [0.29, 0.717) is 10.6 Å². The number of terminal acetylenes is 1. The standard InChI is InChI=1S/C11H9N5O3S/c1-2-4-12-9(17)6-19-11(18)10-8(3-5-20-10)16-7-13-14-15-16/h1,3,5,7H,4,6H2,(H,12,17). The summed E-state index contributed by atoms with van der Waals surface area (Å²) in [4.78, 5) is 23.5. The molecule has 1 amide bonds. The summed E-state index contributed by atoms with van der Waals surface area (Å²) in [6.45, 7) is -0.307. The number of hydrogen-bond donors (Lipinski definition) is 1. The van der Waals surface area contributed by atoms with Crippen LogP contribution in [0, 0.1) is 12.3 Å². The SMILES string of the molecule is C#CCNC(=O)COC(=O)c1sccc1-n1cnnn1. The minimum atomic E-state index is -0.624. The fourth-order valence-electron chi connectivity index (χ4n) is 1.30. The zero-order valence-electron chi connectivity index (χ0n) is 10.1. The first-order chi connectivity index (χ1) is 9.72. The summed E-state index contributed by atoms with van der Waals surface area (Å²) in [6, 6.07) is 1.68. The molecular formula is C11H9N5O3S. The lowest BCUT2D eigenvalue weighted by molar-refractivity contribution is -0.123. The Morgan fingerprint density at radius 1 is 1.55 bits per heavy atom. The molecule has 2 heterocycles. The molecule has 0 aliphatic heterocycles. The maximum absolute atomic E-state index is 11.9. The lowest BCUT2D eigenvalue weighted by Crippen LogP contribution is -2.29. The first kappa shape index (κ1) is 13.7. The van der Waals surface area contributed by atoms with E-state index in [1.807, 2.05) is 0 Å². The van der Waals surface area contributed by atoms with E-state index in [2.05, 4.69) is 26.8 Å². The normalized spacial score (nSPS) is 9.75. The van der Waals surface area contributed by atoms with Crippen LogP contribution in [-0.2, 0) is 9.53 Å². The largest absolute Gasteiger partial charge is 0.451 e. The van der Waals surface area contributed by atoms with Gasteiger partial charge in [-0.05, 0) is 21.9 Å². The van der Waals surface area contributed by atoms with Crippen LogP contribution in [-0.4, -0.2) is 45.2 Å². The van der Waals surface area contributed by atoms with Crippen molar-refractivity contribution in [2.75, 3.05) is 13.2 Å². The molecule has 102 valence electrons. The molecule has 0 saturated heterocycles. The first-order valence-electron chi connectivity index (χ1n) is 5.40. The van der Waals surface area contributed by atoms with Gasteiger partial charge in [-0.1, -0.05) is 5.92 Å². The fraction of sp³-hybridized carbons (Fsp3) is 0.182. The van der Waals surface area contributed by atoms with Crippen molar-refractivity contribution in [2.45, 2.75) is 0 Å². The highest BCUT2D eigenvalue weighted by Gasteiger charge is 2.18. The lowest BCUT2D eigenvalue weighted by Gasteiger charge is -2.04. The number of thiophene rings is 1. The number of nitrogens with one attached hydrogen (secondary N) is 1. The Morgan fingerprint density at radius 2 is 2.40 bits per heavy atom. The molecule has 0 saturated carbocycles. The second kappa shape index (κ2) is 6.44. The molecule has 8 nitrogen and oxygen atoms in total. The second-order valence-electron chi connectivity index (χ2n) is 3.45. The number of rotatable bonds is 5. The topological polar surface area (TPSA) is 99.0 Å². The van der Waals surface area contributed by atoms with E-state index >= 15 is 0 Å². The van der Waals surface area contributed by atoms with Crippen LogP contribution in [0.2, 0.25) is 0 Å². The number of amides is 1. The molecule has 2 rings (SSSR count). The van der Waals surface area contributed by atoms with E-state index in [9.17, 15) is 9.59 Å². The van der Waals surface area contributed by atoms with Crippen LogP contribution < -0.4 is 5.32 Å². The van der Waals surface area contributed by atoms with Crippen molar-refractivity contribution in [2.24, 2.45) is 0 Å². The molecule has 0 aromatic carbocycles. The van der Waals surface area contributed by atoms with Crippen molar-refractivity contribution in [1.29, 1.82) is 0 Å². The van der Waals surface area contributed by atoms with E-state index in [4.69, 9.17) is 11.2 Å². The number of carbonyl (C=O) groups excluding carboxylic acids is 2. The van der Waals surface area contributed by atoms with Gasteiger partial charge < -0.3 is 10.1 Å². The van der Waals surface area contributed by atoms with Gasteiger partial charge in [-0.25, -0.2) is 4.79 Å². The van der Waals surface area contributed by atoms with Gasteiger partial charge in [-0.2, -0.15) is 4.68 Å². The van der Waals surface area contributed by atoms with Crippen molar-refractivity contribution < 1.29 is 14.3 Å². The molecule has 20 heavy (non-hydrogen) atoms. The predicted octanol–water partition coefficient (Wildman–Crippen LogP) is -0.370. The summed E-state index contributed by atoms with van der Waals surface area (Å²) in [5.41, 5.74) is 0.494. The van der Waals surface area contributed by atoms with Gasteiger partial charge in [0.15, 0.2) is 6.61 Å². The Balaban J connectivity index is 1.99. The van der Waals surface area contributed by atoms with Gasteiger partial charge in [0.2, 0.25) is 0 Å². The Labute approximate surface area is 117 Å². The Morgan fingerprint density at radius 3 is 3.10 bits per heavy atom. The third kappa shape index (κ3) is 3.18. The highest BCUT2D eigenvalue weighted by Crippen LogP contribution is 2.20. The molecule has 1 N–H and O–H groups in total. The van der Waals surface area contributed by atoms with Crippen LogP contribution in [0.1, 0.15) is 9.67 Å². The number of carbonyl (C=O) groups is 2. The quantitative estimate of drug-likeness (QED) is 0.596. The number of ether oxygens (including phenoxy) is 1. The number of esters is 1. The van der Waals surface area contributed by atoms with Gasteiger partial charge in [-0.3, -0.25) is 4.79 Å². The highest BCUT2D eigenvalue weighted by atomic mass is 32.1. The third-order valence-corrected chi connectivity index (χ3v) is 3.03. The highest BCUT2D eigenvalue weighted by molar-refractivity contribution is 7.12. The lowest BCUT2D eigenvalue weighted by atomic mass is 10.4. The van der Waals surface area contributed by atoms with Crippen LogP contribution in [0.5, 0.6) is 0 Å². The molecule has 2 aromatic heterocycles. The molecule has 2 aromatic rings. The van der Waals surface area contributed by atoms with Gasteiger partial charge in [-0.15, -0.1) is 22.9 Å². The Hall–Kier alpha value is -2.73. The zero-order chi connectivity index (χ0) is 14.4. The zero-order valence-corrected chi connectivity index (χ0v) is 11.0. The number of tetrazole rings is 1. The van der Waals surface area contributed by atoms with Crippen LogP contribution in [0.25, 0.3) is 5.69 Å². The second-order valence-corrected chi connectivity index (χ2v) is 4.36. The smallest absolute Gasteiger partial charge is 0.351 e. The van der Waals surface area contributed by atoms with E-state index in [1.54, 1.807) is 11.4 Å². The number of hydrogen-bond acceptors (Lipinski definition) is 7. The molecule has 0 fully saturated rings. The molecule has 0 unspecified atom stereocenters. The van der Waals surface area contributed by atoms with E-state index < -0.39 is 18.5 Å². The van der Waals surface area contributed by atoms with Crippen LogP contribution in [0.3, 0.4) is 0 Å². The van der Waals surface area contributed by atoms with Crippen molar-refractivity contribution in [1.82, 2.24) is 25.5 Å². The van der Waals surface area contributed by atoms with E-state index in [-0.39, 0.29) is 6.54 Å². The molecule has 0 bridgehead atoms. The first-order valence-corrected chi connectivity index (χ1v) is 6.28. The monoisotopic (exact) mass is 291 g/mol. The minimum Gasteiger partial charge on any atom is -0.451 e. The molecule has 0 radical (unpaired) electrons. The van der Waals surface area contributed by atoms with Crippen LogP contribution >= 0.6 is 11.3 Å². The molecule has 0 aliphatic carbocycles. The van der Waals surface area contributed by atoms with Crippen molar-refractivity contribution in [3.8, 4) is 18.0 Å². The Kier molecular flexibility index (Phi) is 4.41. The maximum Gasteiger partial charge on any atom is 0.351 e. The van der Waals surface area contributed by atoms with E-state index in [0.717, 1.165) is 0 Å². The van der Waals surface area contributed by atoms with Crippen LogP contribution in [0.15, 0.2) is 17.8 Å². The minimum absolute atomic E-state index is 0.0886. The summed E-state index contributed by atoms with van der Waals surface area (Å²) in [6.07, 6.45) is 6.35. The molecule has 0 atom stereocenters. The molecule has 0 spiro atoms. The molecule has 9 heteroatoms. The van der Waals surface area contributed by atoms with Crippen molar-refractivity contribution >= 4 is 23.2 Å². The van der Waals surface area contributed by atoms with Gasteiger partial charge in [0, 0.05) is 0 Å². The number of nitrogens with zero attached hydrogens (tertiary/aromatic N) is 4. The van der Waals surface area contributed by atoms with Gasteiger partial charge >= 0.3 is 5.97 Å². The summed E-state index contributed by atoms with van der Waals surface area (Å²) in [5, 5.41) is 14.8. The third-order valence-electron chi connectivity index (χ3n) is 2.15. The average Bonchev–Trinajstić information content (AvgIpc) is 3.11. The van der Waals surface area contributed by atoms with E-state index in [1.165, 1.54) is 22.3 Å². The van der Waals surface area contributed by atoms with Gasteiger partial charge in [0.25, 0.3) is 5.91 Å². The summed E-state index contributed by atoms with van der Waals surface area (Å²) < 4.78 is 6.23. The van der Waals surface area contributed by atoms with Gasteiger partial charge in [0.05, 0.1) is 12.2 Å². The summed E-state index contributed by atoms with van der Waals surface area (Å²) in [7, 11) is 0. The maximum atomic E-state index is 11.9. The fourth-order valence-corrected chi connectivity index (χ4v) is 2.08.